The van der Waals surface area contributed by atoms with Crippen molar-refractivity contribution in [3.63, 3.8) is 0 Å². The van der Waals surface area contributed by atoms with E-state index in [0.29, 0.717) is 31.0 Å². The minimum absolute atomic E-state index is 0.00520. The number of hydrogen-bond donors (Lipinski definition) is 0. The van der Waals surface area contributed by atoms with E-state index < -0.39 is 11.6 Å². The summed E-state index contributed by atoms with van der Waals surface area (Å²) in [5.74, 6) is 0.297. The zero-order valence-electron chi connectivity index (χ0n) is 22.2. The molecule has 2 aromatic carbocycles. The van der Waals surface area contributed by atoms with Gasteiger partial charge in [-0.3, -0.25) is 0 Å². The number of halogens is 1. The molecule has 2 aliphatic rings. The van der Waals surface area contributed by atoms with Gasteiger partial charge < -0.3 is 24.0 Å². The van der Waals surface area contributed by atoms with Gasteiger partial charge in [0, 0.05) is 24.7 Å². The first-order valence-electron chi connectivity index (χ1n) is 13.0. The predicted molar refractivity (Wildman–Crippen MR) is 145 cm³/mol. The molecule has 0 aliphatic carbocycles. The number of carbonyl (C=O) groups excluding carboxylic acids is 2. The smallest absolute Gasteiger partial charge is 0.410 e. The number of amides is 1. The molecule has 2 aliphatic heterocycles. The number of rotatable bonds is 3. The molecule has 200 valence electrons. The Morgan fingerprint density at radius 1 is 1.05 bits per heavy atom. The van der Waals surface area contributed by atoms with E-state index in [1.807, 2.05) is 56.0 Å². The lowest BCUT2D eigenvalue weighted by molar-refractivity contribution is 0.0231. The second-order valence-electron chi connectivity index (χ2n) is 10.7. The third kappa shape index (κ3) is 6.89. The number of likely N-dealkylation sites (tertiary alicyclic amines) is 1. The normalized spacial score (nSPS) is 18.2. The SMILES string of the molecule is COC(=O)c1ccc2c(c1)N(C[C@@H]1CCCN1C(=O)OC(C)(C)C)CCCCc1cc(Cl)ccc1CO2. The fourth-order valence-electron chi connectivity index (χ4n) is 5.02. The molecule has 1 fully saturated rings. The van der Waals surface area contributed by atoms with Crippen LogP contribution in [0.2, 0.25) is 5.02 Å². The minimum atomic E-state index is -0.549. The maximum atomic E-state index is 13.0. The highest BCUT2D eigenvalue weighted by Gasteiger charge is 2.34. The molecule has 2 heterocycles. The lowest BCUT2D eigenvalue weighted by atomic mass is 10.0. The van der Waals surface area contributed by atoms with Crippen molar-refractivity contribution in [2.75, 3.05) is 31.6 Å². The van der Waals surface area contributed by atoms with Crippen LogP contribution >= 0.6 is 11.6 Å². The summed E-state index contributed by atoms with van der Waals surface area (Å²) < 4.78 is 17.0. The average molecular weight is 529 g/mol. The molecule has 0 bridgehead atoms. The molecular formula is C29H37ClN2O5. The van der Waals surface area contributed by atoms with Crippen LogP contribution in [0.4, 0.5) is 10.5 Å². The van der Waals surface area contributed by atoms with Gasteiger partial charge in [-0.15, -0.1) is 0 Å². The summed E-state index contributed by atoms with van der Waals surface area (Å²) in [5, 5.41) is 0.724. The van der Waals surface area contributed by atoms with Gasteiger partial charge >= 0.3 is 12.1 Å². The molecule has 0 aromatic heterocycles. The third-order valence-corrected chi connectivity index (χ3v) is 7.07. The number of ether oxygens (including phenoxy) is 3. The standard InChI is InChI=1S/C29H37ClN2O5/c1-29(2,3)37-28(34)32-15-7-9-24(32)18-31-14-6-5-8-20-16-23(30)12-10-22(20)19-36-26-13-11-21(17-25(26)31)27(33)35-4/h10-13,16-17,24H,5-9,14-15,18-19H2,1-4H3/t24-/m0/s1. The van der Waals surface area contributed by atoms with Crippen LogP contribution in [-0.2, 0) is 22.5 Å². The first-order valence-corrected chi connectivity index (χ1v) is 13.4. The highest BCUT2D eigenvalue weighted by Crippen LogP contribution is 2.34. The van der Waals surface area contributed by atoms with Crippen molar-refractivity contribution in [3.05, 3.63) is 58.1 Å². The van der Waals surface area contributed by atoms with Crippen LogP contribution in [0.3, 0.4) is 0 Å². The van der Waals surface area contributed by atoms with Gasteiger partial charge in [0.25, 0.3) is 0 Å². The maximum Gasteiger partial charge on any atom is 0.410 e. The van der Waals surface area contributed by atoms with Gasteiger partial charge in [-0.25, -0.2) is 9.59 Å². The van der Waals surface area contributed by atoms with Gasteiger partial charge in [-0.2, -0.15) is 0 Å². The zero-order chi connectivity index (χ0) is 26.6. The molecule has 4 rings (SSSR count). The van der Waals surface area contributed by atoms with Crippen LogP contribution in [0, 0.1) is 0 Å². The van der Waals surface area contributed by atoms with E-state index in [9.17, 15) is 9.59 Å². The van der Waals surface area contributed by atoms with Crippen molar-refractivity contribution < 1.29 is 23.8 Å². The molecule has 8 heteroatoms. The number of benzene rings is 2. The minimum Gasteiger partial charge on any atom is -0.487 e. The molecule has 0 unspecified atom stereocenters. The van der Waals surface area contributed by atoms with Crippen LogP contribution in [0.5, 0.6) is 5.75 Å². The summed E-state index contributed by atoms with van der Waals surface area (Å²) in [5.41, 5.74) is 3.05. The number of anilines is 1. The molecule has 0 radical (unpaired) electrons. The van der Waals surface area contributed by atoms with Crippen molar-refractivity contribution in [2.24, 2.45) is 0 Å². The Morgan fingerprint density at radius 2 is 1.86 bits per heavy atom. The van der Waals surface area contributed by atoms with Crippen molar-refractivity contribution in [1.82, 2.24) is 4.90 Å². The largest absolute Gasteiger partial charge is 0.487 e. The second kappa shape index (κ2) is 11.6. The van der Waals surface area contributed by atoms with Gasteiger partial charge in [0.15, 0.2) is 0 Å². The molecule has 0 saturated carbocycles. The second-order valence-corrected chi connectivity index (χ2v) is 11.2. The van der Waals surface area contributed by atoms with Gasteiger partial charge in [0.2, 0.25) is 0 Å². The van der Waals surface area contributed by atoms with E-state index in [1.165, 1.54) is 12.7 Å². The van der Waals surface area contributed by atoms with E-state index in [-0.39, 0.29) is 12.1 Å². The Hall–Kier alpha value is -2.93. The van der Waals surface area contributed by atoms with Crippen LogP contribution in [0.25, 0.3) is 0 Å². The van der Waals surface area contributed by atoms with E-state index in [4.69, 9.17) is 25.8 Å². The van der Waals surface area contributed by atoms with Crippen LogP contribution in [-0.4, -0.2) is 55.3 Å². The molecule has 1 atom stereocenters. The molecule has 1 amide bonds. The Labute approximate surface area is 224 Å². The monoisotopic (exact) mass is 528 g/mol. The van der Waals surface area contributed by atoms with Crippen molar-refractivity contribution in [3.8, 4) is 5.75 Å². The fraction of sp³-hybridized carbons (Fsp3) is 0.517. The molecule has 7 nitrogen and oxygen atoms in total. The zero-order valence-corrected chi connectivity index (χ0v) is 23.0. The van der Waals surface area contributed by atoms with Crippen LogP contribution in [0.1, 0.15) is 67.9 Å². The summed E-state index contributed by atoms with van der Waals surface area (Å²) in [4.78, 5) is 29.4. The Bertz CT molecular complexity index is 1130. The van der Waals surface area contributed by atoms with E-state index in [1.54, 1.807) is 6.07 Å². The fourth-order valence-corrected chi connectivity index (χ4v) is 5.22. The summed E-state index contributed by atoms with van der Waals surface area (Å²) in [6, 6.07) is 11.3. The number of nitrogens with zero attached hydrogens (tertiary/aromatic N) is 2. The Kier molecular flexibility index (Phi) is 8.53. The van der Waals surface area contributed by atoms with E-state index >= 15 is 0 Å². The van der Waals surface area contributed by atoms with Crippen LogP contribution < -0.4 is 9.64 Å². The summed E-state index contributed by atoms with van der Waals surface area (Å²) in [6.07, 6.45) is 4.37. The molecule has 1 saturated heterocycles. The van der Waals surface area contributed by atoms with Gasteiger partial charge in [0.05, 0.1) is 24.4 Å². The first-order chi connectivity index (χ1) is 17.6. The lowest BCUT2D eigenvalue weighted by Gasteiger charge is -2.34. The summed E-state index contributed by atoms with van der Waals surface area (Å²) in [7, 11) is 1.38. The predicted octanol–water partition coefficient (Wildman–Crippen LogP) is 6.25. The van der Waals surface area contributed by atoms with E-state index in [0.717, 1.165) is 54.9 Å². The van der Waals surface area contributed by atoms with Crippen LogP contribution in [0.15, 0.2) is 36.4 Å². The van der Waals surface area contributed by atoms with Crippen molar-refractivity contribution in [2.45, 2.75) is 71.1 Å². The van der Waals surface area contributed by atoms with Gasteiger partial charge in [-0.1, -0.05) is 17.7 Å². The molecular weight excluding hydrogens is 492 g/mol. The molecule has 37 heavy (non-hydrogen) atoms. The number of carbonyl (C=O) groups is 2. The average Bonchev–Trinajstić information content (AvgIpc) is 3.31. The van der Waals surface area contributed by atoms with Crippen molar-refractivity contribution >= 4 is 29.4 Å². The van der Waals surface area contributed by atoms with E-state index in [2.05, 4.69) is 4.90 Å². The Morgan fingerprint density at radius 3 is 2.62 bits per heavy atom. The molecule has 2 aromatic rings. The number of hydrogen-bond acceptors (Lipinski definition) is 6. The summed E-state index contributed by atoms with van der Waals surface area (Å²) >= 11 is 6.28. The van der Waals surface area contributed by atoms with Gasteiger partial charge in [0.1, 0.15) is 18.0 Å². The maximum absolute atomic E-state index is 13.0. The molecule has 0 N–H and O–H groups in total. The van der Waals surface area contributed by atoms with Gasteiger partial charge in [-0.05, 0) is 94.3 Å². The number of aryl methyl sites for hydroxylation is 1. The molecule has 0 spiro atoms. The third-order valence-electron chi connectivity index (χ3n) is 6.83. The first kappa shape index (κ1) is 27.1. The lowest BCUT2D eigenvalue weighted by Crippen LogP contribution is -2.45. The summed E-state index contributed by atoms with van der Waals surface area (Å²) in [6.45, 7) is 8.12. The van der Waals surface area contributed by atoms with Crippen molar-refractivity contribution in [1.29, 1.82) is 0 Å². The quantitative estimate of drug-likeness (QED) is 0.439. The number of methoxy groups -OCH3 is 1. The number of fused-ring (bicyclic) bond motifs is 2. The number of esters is 1. The Balaban J connectivity index is 1.65. The highest BCUT2D eigenvalue weighted by molar-refractivity contribution is 6.30. The topological polar surface area (TPSA) is 68.3 Å². The highest BCUT2D eigenvalue weighted by atomic mass is 35.5.